The van der Waals surface area contributed by atoms with Gasteiger partial charge in [0.2, 0.25) is 0 Å². The number of hydrogen-bond acceptors (Lipinski definition) is 4. The summed E-state index contributed by atoms with van der Waals surface area (Å²) in [6.07, 6.45) is 3.90. The van der Waals surface area contributed by atoms with Crippen molar-refractivity contribution in [3.05, 3.63) is 34.6 Å². The number of aliphatic carboxylic acids is 1. The Hall–Kier alpha value is -2.15. The van der Waals surface area contributed by atoms with Gasteiger partial charge in [-0.15, -0.1) is 11.3 Å². The molecule has 1 saturated carbocycles. The van der Waals surface area contributed by atoms with Crippen LogP contribution in [0.3, 0.4) is 0 Å². The number of hydrogen-bond donors (Lipinski definition) is 2. The highest BCUT2D eigenvalue weighted by Gasteiger charge is 2.34. The van der Waals surface area contributed by atoms with Crippen LogP contribution in [0.15, 0.2) is 17.6 Å². The van der Waals surface area contributed by atoms with Gasteiger partial charge in [-0.25, -0.2) is 4.98 Å². The van der Waals surface area contributed by atoms with Crippen molar-refractivity contribution < 1.29 is 14.7 Å². The number of carboxylic acid groups (broad SMARTS) is 1. The molecule has 122 valence electrons. The van der Waals surface area contributed by atoms with E-state index in [1.54, 1.807) is 6.20 Å². The maximum Gasteiger partial charge on any atom is 0.308 e. The van der Waals surface area contributed by atoms with Gasteiger partial charge in [-0.1, -0.05) is 6.42 Å². The molecule has 1 aliphatic rings. The molecule has 2 heterocycles. The molecule has 2 aromatic heterocycles. The van der Waals surface area contributed by atoms with Crippen molar-refractivity contribution in [3.8, 4) is 5.13 Å². The van der Waals surface area contributed by atoms with Gasteiger partial charge in [0.05, 0.1) is 11.5 Å². The number of aryl methyl sites for hydroxylation is 1. The number of aromatic nitrogens is 2. The van der Waals surface area contributed by atoms with Crippen LogP contribution in [-0.2, 0) is 4.79 Å². The average Bonchev–Trinajstić information content (AvgIpc) is 3.19. The van der Waals surface area contributed by atoms with Crippen molar-refractivity contribution in [1.29, 1.82) is 0 Å². The van der Waals surface area contributed by atoms with Crippen molar-refractivity contribution in [1.82, 2.24) is 14.9 Å². The molecular formula is C16H19N3O3S. The Morgan fingerprint density at radius 3 is 2.83 bits per heavy atom. The van der Waals surface area contributed by atoms with Gasteiger partial charge in [0, 0.05) is 29.0 Å². The Bertz CT molecular complexity index is 736. The first-order chi connectivity index (χ1) is 11.0. The molecular weight excluding hydrogens is 314 g/mol. The van der Waals surface area contributed by atoms with Crippen LogP contribution in [0.2, 0.25) is 0 Å². The van der Waals surface area contributed by atoms with Crippen LogP contribution in [0.1, 0.15) is 41.0 Å². The minimum absolute atomic E-state index is 0.209. The van der Waals surface area contributed by atoms with Gasteiger partial charge in [-0.2, -0.15) is 0 Å². The van der Waals surface area contributed by atoms with Crippen LogP contribution in [0.25, 0.3) is 5.13 Å². The fourth-order valence-electron chi connectivity index (χ4n) is 3.29. The van der Waals surface area contributed by atoms with Crippen LogP contribution in [0.5, 0.6) is 0 Å². The highest BCUT2D eigenvalue weighted by Crippen LogP contribution is 2.27. The quantitative estimate of drug-likeness (QED) is 0.900. The molecule has 0 saturated heterocycles. The number of carboxylic acids is 1. The number of carbonyl (C=O) groups is 2. The topological polar surface area (TPSA) is 84.2 Å². The fraction of sp³-hybridized carbons (Fsp3) is 0.438. The first-order valence-corrected chi connectivity index (χ1v) is 8.49. The third-order valence-corrected chi connectivity index (χ3v) is 5.19. The minimum atomic E-state index is -0.832. The van der Waals surface area contributed by atoms with Crippen molar-refractivity contribution in [3.63, 3.8) is 0 Å². The molecule has 0 aliphatic heterocycles. The van der Waals surface area contributed by atoms with Crippen LogP contribution in [0.4, 0.5) is 0 Å². The zero-order chi connectivity index (χ0) is 16.6. The molecule has 0 unspecified atom stereocenters. The van der Waals surface area contributed by atoms with Gasteiger partial charge < -0.3 is 10.4 Å². The van der Waals surface area contributed by atoms with E-state index in [9.17, 15) is 14.7 Å². The standard InChI is InChI=1S/C16H19N3O3S/c1-9-8-12(10(2)19(9)16-17-6-7-23-16)14(20)18-13-5-3-4-11(13)15(21)22/h6-8,11,13H,3-5H2,1-2H3,(H,18,20)(H,21,22)/t11-,13+/m0/s1. The first kappa shape index (κ1) is 15.7. The van der Waals surface area contributed by atoms with Crippen LogP contribution in [-0.4, -0.2) is 32.6 Å². The zero-order valence-corrected chi connectivity index (χ0v) is 13.9. The summed E-state index contributed by atoms with van der Waals surface area (Å²) >= 11 is 1.51. The van der Waals surface area contributed by atoms with E-state index in [-0.39, 0.29) is 11.9 Å². The molecule has 0 aromatic carbocycles. The highest BCUT2D eigenvalue weighted by molar-refractivity contribution is 7.12. The monoisotopic (exact) mass is 333 g/mol. The van der Waals surface area contributed by atoms with Crippen LogP contribution >= 0.6 is 11.3 Å². The number of thiazole rings is 1. The molecule has 7 heteroatoms. The molecule has 1 aliphatic carbocycles. The molecule has 2 atom stereocenters. The lowest BCUT2D eigenvalue weighted by Crippen LogP contribution is -2.40. The number of nitrogens with one attached hydrogen (secondary N) is 1. The van der Waals surface area contributed by atoms with E-state index in [1.807, 2.05) is 29.9 Å². The Labute approximate surface area is 138 Å². The maximum absolute atomic E-state index is 12.6. The molecule has 1 amide bonds. The molecule has 0 spiro atoms. The number of nitrogens with zero attached hydrogens (tertiary/aromatic N) is 2. The van der Waals surface area contributed by atoms with Gasteiger partial charge in [-0.05, 0) is 32.8 Å². The van der Waals surface area contributed by atoms with Gasteiger partial charge >= 0.3 is 5.97 Å². The predicted octanol–water partition coefficient (Wildman–Crippen LogP) is 2.53. The van der Waals surface area contributed by atoms with E-state index in [2.05, 4.69) is 10.3 Å². The summed E-state index contributed by atoms with van der Waals surface area (Å²) in [6, 6.07) is 1.54. The Balaban J connectivity index is 1.84. The summed E-state index contributed by atoms with van der Waals surface area (Å²) in [4.78, 5) is 28.1. The summed E-state index contributed by atoms with van der Waals surface area (Å²) in [6.45, 7) is 3.81. The summed E-state index contributed by atoms with van der Waals surface area (Å²) in [5.41, 5.74) is 2.33. The van der Waals surface area contributed by atoms with Crippen molar-refractivity contribution in [2.24, 2.45) is 5.92 Å². The average molecular weight is 333 g/mol. The SMILES string of the molecule is Cc1cc(C(=O)N[C@@H]2CCC[C@@H]2C(=O)O)c(C)n1-c1nccs1. The predicted molar refractivity (Wildman–Crippen MR) is 87.1 cm³/mol. The lowest BCUT2D eigenvalue weighted by molar-refractivity contribution is -0.142. The zero-order valence-electron chi connectivity index (χ0n) is 13.1. The smallest absolute Gasteiger partial charge is 0.308 e. The molecule has 6 nitrogen and oxygen atoms in total. The number of amides is 1. The van der Waals surface area contributed by atoms with Gasteiger partial charge in [0.15, 0.2) is 5.13 Å². The summed E-state index contributed by atoms with van der Waals surface area (Å²) < 4.78 is 1.95. The van der Waals surface area contributed by atoms with Crippen molar-refractivity contribution >= 4 is 23.2 Å². The summed E-state index contributed by atoms with van der Waals surface area (Å²) in [7, 11) is 0. The largest absolute Gasteiger partial charge is 0.481 e. The minimum Gasteiger partial charge on any atom is -0.481 e. The van der Waals surface area contributed by atoms with Crippen molar-refractivity contribution in [2.75, 3.05) is 0 Å². The molecule has 3 rings (SSSR count). The van der Waals surface area contributed by atoms with Gasteiger partial charge in [0.25, 0.3) is 5.91 Å². The Kier molecular flexibility index (Phi) is 4.21. The Morgan fingerprint density at radius 1 is 1.39 bits per heavy atom. The maximum atomic E-state index is 12.6. The van der Waals surface area contributed by atoms with E-state index in [1.165, 1.54) is 11.3 Å². The molecule has 0 bridgehead atoms. The lowest BCUT2D eigenvalue weighted by Gasteiger charge is -2.17. The van der Waals surface area contributed by atoms with E-state index in [0.717, 1.165) is 22.9 Å². The van der Waals surface area contributed by atoms with Crippen LogP contribution in [0, 0.1) is 19.8 Å². The lowest BCUT2D eigenvalue weighted by atomic mass is 10.0. The number of carbonyl (C=O) groups excluding carboxylic acids is 1. The summed E-state index contributed by atoms with van der Waals surface area (Å²) in [5.74, 6) is -1.53. The second-order valence-electron chi connectivity index (χ2n) is 5.89. The van der Waals surface area contributed by atoms with E-state index < -0.39 is 11.9 Å². The third-order valence-electron chi connectivity index (χ3n) is 4.44. The van der Waals surface area contributed by atoms with Crippen LogP contribution < -0.4 is 5.32 Å². The second kappa shape index (κ2) is 6.16. The summed E-state index contributed by atoms with van der Waals surface area (Å²) in [5, 5.41) is 14.9. The molecule has 23 heavy (non-hydrogen) atoms. The molecule has 2 N–H and O–H groups in total. The van der Waals surface area contributed by atoms with E-state index in [0.29, 0.717) is 18.4 Å². The number of rotatable bonds is 4. The fourth-order valence-corrected chi connectivity index (χ4v) is 4.04. The van der Waals surface area contributed by atoms with E-state index in [4.69, 9.17) is 0 Å². The first-order valence-electron chi connectivity index (χ1n) is 7.61. The van der Waals surface area contributed by atoms with E-state index >= 15 is 0 Å². The highest BCUT2D eigenvalue weighted by atomic mass is 32.1. The molecule has 0 radical (unpaired) electrons. The second-order valence-corrected chi connectivity index (χ2v) is 6.76. The van der Waals surface area contributed by atoms with Gasteiger partial charge in [0.1, 0.15) is 0 Å². The Morgan fingerprint density at radius 2 is 2.17 bits per heavy atom. The van der Waals surface area contributed by atoms with Gasteiger partial charge in [-0.3, -0.25) is 14.2 Å². The molecule has 2 aromatic rings. The molecule has 1 fully saturated rings. The normalized spacial score (nSPS) is 20.6. The third kappa shape index (κ3) is 2.88. The van der Waals surface area contributed by atoms with Crippen molar-refractivity contribution in [2.45, 2.75) is 39.2 Å².